The van der Waals surface area contributed by atoms with Gasteiger partial charge in [0.2, 0.25) is 0 Å². The van der Waals surface area contributed by atoms with Gasteiger partial charge in [-0.05, 0) is 12.1 Å². The Morgan fingerprint density at radius 1 is 1.25 bits per heavy atom. The molecule has 2 atom stereocenters. The zero-order chi connectivity index (χ0) is 16.6. The minimum atomic E-state index is -0.575. The maximum atomic E-state index is 12.3. The second kappa shape index (κ2) is 5.87. The average Bonchev–Trinajstić information content (AvgIpc) is 3.20. The maximum Gasteiger partial charge on any atom is 0.316 e. The van der Waals surface area contributed by atoms with Gasteiger partial charge in [-0.1, -0.05) is 30.3 Å². The molecule has 124 valence electrons. The topological polar surface area (TPSA) is 64.6 Å². The minimum absolute atomic E-state index is 0.139. The fourth-order valence-electron chi connectivity index (χ4n) is 3.66. The van der Waals surface area contributed by atoms with E-state index in [1.807, 2.05) is 42.5 Å². The third kappa shape index (κ3) is 2.34. The highest BCUT2D eigenvalue weighted by Gasteiger charge is 2.57. The Hall–Kier alpha value is -2.47. The summed E-state index contributed by atoms with van der Waals surface area (Å²) in [6.07, 6.45) is 0. The van der Waals surface area contributed by atoms with Crippen LogP contribution in [0.2, 0.25) is 0 Å². The van der Waals surface area contributed by atoms with Crippen LogP contribution in [-0.4, -0.2) is 49.6 Å². The molecule has 2 aliphatic heterocycles. The summed E-state index contributed by atoms with van der Waals surface area (Å²) in [6, 6.07) is 13.9. The van der Waals surface area contributed by atoms with Gasteiger partial charge in [0.1, 0.15) is 5.41 Å². The summed E-state index contributed by atoms with van der Waals surface area (Å²) in [5.41, 5.74) is 1.30. The molecule has 6 nitrogen and oxygen atoms in total. The lowest BCUT2D eigenvalue weighted by Gasteiger charge is -2.24. The fraction of sp³-hybridized carbons (Fsp3) is 0.389. The molecule has 4 rings (SSSR count). The van der Waals surface area contributed by atoms with E-state index in [9.17, 15) is 4.79 Å². The molecule has 0 saturated carbocycles. The first kappa shape index (κ1) is 15.1. The van der Waals surface area contributed by atoms with E-state index in [1.165, 1.54) is 7.11 Å². The maximum absolute atomic E-state index is 12.3. The molecule has 2 saturated heterocycles. The van der Waals surface area contributed by atoms with Crippen LogP contribution in [-0.2, 0) is 14.3 Å². The highest BCUT2D eigenvalue weighted by atomic mass is 16.5. The van der Waals surface area contributed by atoms with Gasteiger partial charge in [0.15, 0.2) is 5.82 Å². The lowest BCUT2D eigenvalue weighted by atomic mass is 9.81. The van der Waals surface area contributed by atoms with Crippen LogP contribution >= 0.6 is 0 Å². The molecule has 0 aliphatic carbocycles. The van der Waals surface area contributed by atoms with E-state index in [4.69, 9.17) is 9.47 Å². The smallest absolute Gasteiger partial charge is 0.316 e. The van der Waals surface area contributed by atoms with Gasteiger partial charge in [0.05, 0.1) is 26.0 Å². The normalized spacial score (nSPS) is 25.5. The van der Waals surface area contributed by atoms with Crippen LogP contribution in [0.5, 0.6) is 0 Å². The Morgan fingerprint density at radius 2 is 2.08 bits per heavy atom. The van der Waals surface area contributed by atoms with Gasteiger partial charge in [-0.3, -0.25) is 4.79 Å². The number of anilines is 1. The number of methoxy groups -OCH3 is 1. The lowest BCUT2D eigenvalue weighted by Crippen LogP contribution is -2.40. The number of nitrogens with zero attached hydrogens (tertiary/aromatic N) is 3. The lowest BCUT2D eigenvalue weighted by molar-refractivity contribution is -0.152. The van der Waals surface area contributed by atoms with Crippen molar-refractivity contribution in [3.8, 4) is 11.3 Å². The van der Waals surface area contributed by atoms with E-state index in [2.05, 4.69) is 15.1 Å². The highest BCUT2D eigenvalue weighted by molar-refractivity contribution is 5.80. The number of esters is 1. The Kier molecular flexibility index (Phi) is 3.69. The summed E-state index contributed by atoms with van der Waals surface area (Å²) in [4.78, 5) is 14.4. The molecule has 6 heteroatoms. The molecule has 0 N–H and O–H groups in total. The number of hydrogen-bond donors (Lipinski definition) is 0. The predicted molar refractivity (Wildman–Crippen MR) is 88.4 cm³/mol. The monoisotopic (exact) mass is 325 g/mol. The first-order chi connectivity index (χ1) is 11.7. The van der Waals surface area contributed by atoms with Crippen molar-refractivity contribution >= 4 is 11.8 Å². The van der Waals surface area contributed by atoms with Gasteiger partial charge in [0.25, 0.3) is 0 Å². The van der Waals surface area contributed by atoms with Crippen molar-refractivity contribution < 1.29 is 14.3 Å². The van der Waals surface area contributed by atoms with Gasteiger partial charge < -0.3 is 14.4 Å². The molecule has 0 unspecified atom stereocenters. The number of rotatable bonds is 3. The third-order valence-corrected chi connectivity index (χ3v) is 5.01. The van der Waals surface area contributed by atoms with Gasteiger partial charge in [0, 0.05) is 24.6 Å². The fourth-order valence-corrected chi connectivity index (χ4v) is 3.66. The average molecular weight is 325 g/mol. The van der Waals surface area contributed by atoms with Crippen molar-refractivity contribution in [1.82, 2.24) is 10.2 Å². The van der Waals surface area contributed by atoms with Gasteiger partial charge in [-0.2, -0.15) is 0 Å². The molecule has 0 bridgehead atoms. The van der Waals surface area contributed by atoms with E-state index in [-0.39, 0.29) is 11.9 Å². The van der Waals surface area contributed by atoms with E-state index < -0.39 is 5.41 Å². The van der Waals surface area contributed by atoms with Crippen LogP contribution in [0, 0.1) is 11.3 Å². The molecule has 0 spiro atoms. The minimum Gasteiger partial charge on any atom is -0.468 e. The van der Waals surface area contributed by atoms with Crippen molar-refractivity contribution in [2.45, 2.75) is 0 Å². The number of aromatic nitrogens is 2. The van der Waals surface area contributed by atoms with Crippen molar-refractivity contribution in [2.75, 3.05) is 38.3 Å². The molecule has 1 aromatic heterocycles. The van der Waals surface area contributed by atoms with Crippen LogP contribution < -0.4 is 4.90 Å². The molecule has 3 heterocycles. The number of fused-ring (bicyclic) bond motifs is 1. The van der Waals surface area contributed by atoms with Crippen LogP contribution in [0.1, 0.15) is 0 Å². The van der Waals surface area contributed by atoms with Gasteiger partial charge >= 0.3 is 5.97 Å². The summed E-state index contributed by atoms with van der Waals surface area (Å²) in [7, 11) is 1.43. The quantitative estimate of drug-likeness (QED) is 0.802. The third-order valence-electron chi connectivity index (χ3n) is 5.01. The molecular formula is C18H19N3O3. The Balaban J connectivity index is 1.56. The second-order valence-corrected chi connectivity index (χ2v) is 6.38. The van der Waals surface area contributed by atoms with Crippen LogP contribution in [0.25, 0.3) is 11.3 Å². The number of carbonyl (C=O) groups is 1. The van der Waals surface area contributed by atoms with Gasteiger partial charge in [-0.25, -0.2) is 0 Å². The second-order valence-electron chi connectivity index (χ2n) is 6.38. The SMILES string of the molecule is COC(=O)[C@@]12COC[C@@H]1CN(c1ccc(-c3ccccc3)nn1)C2. The van der Waals surface area contributed by atoms with E-state index >= 15 is 0 Å². The first-order valence-electron chi connectivity index (χ1n) is 8.03. The zero-order valence-electron chi connectivity index (χ0n) is 13.5. The van der Waals surface area contributed by atoms with Crippen LogP contribution in [0.4, 0.5) is 5.82 Å². The Bertz CT molecular complexity index is 735. The van der Waals surface area contributed by atoms with E-state index in [1.54, 1.807) is 0 Å². The summed E-state index contributed by atoms with van der Waals surface area (Å²) in [5.74, 6) is 0.731. The van der Waals surface area contributed by atoms with E-state index in [0.717, 1.165) is 23.6 Å². The largest absolute Gasteiger partial charge is 0.468 e. The van der Waals surface area contributed by atoms with Crippen LogP contribution in [0.15, 0.2) is 42.5 Å². The molecule has 0 radical (unpaired) electrons. The van der Waals surface area contributed by atoms with Crippen molar-refractivity contribution in [3.05, 3.63) is 42.5 Å². The molecule has 0 amide bonds. The number of hydrogen-bond acceptors (Lipinski definition) is 6. The highest BCUT2D eigenvalue weighted by Crippen LogP contribution is 2.43. The van der Waals surface area contributed by atoms with Crippen LogP contribution in [0.3, 0.4) is 0 Å². The van der Waals surface area contributed by atoms with E-state index in [0.29, 0.717) is 19.8 Å². The Labute approximate surface area is 140 Å². The number of carbonyl (C=O) groups excluding carboxylic acids is 1. The van der Waals surface area contributed by atoms with Crippen molar-refractivity contribution in [3.63, 3.8) is 0 Å². The molecule has 2 aromatic rings. The van der Waals surface area contributed by atoms with Crippen molar-refractivity contribution in [1.29, 1.82) is 0 Å². The molecular weight excluding hydrogens is 306 g/mol. The number of benzene rings is 1. The standard InChI is InChI=1S/C18H19N3O3/c1-23-17(22)18-11-21(9-14(18)10-24-12-18)16-8-7-15(19-20-16)13-5-3-2-4-6-13/h2-8,14H,9-12H2,1H3/t14-,18-/m0/s1. The van der Waals surface area contributed by atoms with Crippen molar-refractivity contribution in [2.24, 2.45) is 11.3 Å². The molecule has 1 aromatic carbocycles. The molecule has 24 heavy (non-hydrogen) atoms. The Morgan fingerprint density at radius 3 is 2.79 bits per heavy atom. The summed E-state index contributed by atoms with van der Waals surface area (Å²) < 4.78 is 10.6. The summed E-state index contributed by atoms with van der Waals surface area (Å²) >= 11 is 0. The zero-order valence-corrected chi connectivity index (χ0v) is 13.5. The predicted octanol–water partition coefficient (Wildman–Crippen LogP) is 1.77. The summed E-state index contributed by atoms with van der Waals surface area (Å²) in [6.45, 7) is 2.29. The summed E-state index contributed by atoms with van der Waals surface area (Å²) in [5, 5.41) is 8.70. The van der Waals surface area contributed by atoms with Gasteiger partial charge in [-0.15, -0.1) is 10.2 Å². The molecule has 2 fully saturated rings. The molecule has 2 aliphatic rings. The number of ether oxygens (including phenoxy) is 2. The first-order valence-corrected chi connectivity index (χ1v) is 8.03.